The van der Waals surface area contributed by atoms with Crippen LogP contribution in [0.3, 0.4) is 0 Å². The lowest BCUT2D eigenvalue weighted by Crippen LogP contribution is -2.12. The molecule has 0 unspecified atom stereocenters. The lowest BCUT2D eigenvalue weighted by molar-refractivity contribution is 0.104. The minimum atomic E-state index is -0.311. The molecule has 1 aliphatic rings. The first kappa shape index (κ1) is 17.9. The van der Waals surface area contributed by atoms with Crippen molar-refractivity contribution in [2.75, 3.05) is 38.6 Å². The summed E-state index contributed by atoms with van der Waals surface area (Å²) in [4.78, 5) is 14.6. The van der Waals surface area contributed by atoms with E-state index in [2.05, 4.69) is 0 Å². The molecule has 2 aromatic rings. The van der Waals surface area contributed by atoms with Crippen LogP contribution in [0.2, 0.25) is 0 Å². The number of rotatable bonds is 5. The van der Waals surface area contributed by atoms with Gasteiger partial charge in [0.1, 0.15) is 0 Å². The van der Waals surface area contributed by atoms with Gasteiger partial charge < -0.3 is 24.8 Å². The molecule has 0 aromatic heterocycles. The maximum absolute atomic E-state index is 12.7. The number of carbonyl (C=O) groups is 1. The summed E-state index contributed by atoms with van der Waals surface area (Å²) in [5, 5.41) is 0.0524. The van der Waals surface area contributed by atoms with Crippen LogP contribution in [0.15, 0.2) is 35.4 Å². The van der Waals surface area contributed by atoms with Gasteiger partial charge >= 0.3 is 0 Å². The van der Waals surface area contributed by atoms with Crippen LogP contribution in [-0.4, -0.2) is 33.8 Å². The average Bonchev–Trinajstić information content (AvgIpc) is 3.09. The summed E-state index contributed by atoms with van der Waals surface area (Å²) in [5.74, 6) is 1.25. The molecule has 1 aliphatic heterocycles. The zero-order valence-electron chi connectivity index (χ0n) is 14.7. The minimum absolute atomic E-state index is 0.0524. The Morgan fingerprint density at radius 3 is 2.73 bits per heavy atom. The Balaban J connectivity index is 1.96. The summed E-state index contributed by atoms with van der Waals surface area (Å²) >= 11 is 6.29. The topological polar surface area (TPSA) is 74.0 Å². The van der Waals surface area contributed by atoms with E-state index in [-0.39, 0.29) is 17.6 Å². The fraction of sp³-hybridized carbons (Fsp3) is 0.211. The van der Waals surface area contributed by atoms with Crippen molar-refractivity contribution >= 4 is 34.8 Å². The third-order valence-electron chi connectivity index (χ3n) is 4.00. The van der Waals surface area contributed by atoms with Crippen molar-refractivity contribution < 1.29 is 19.0 Å². The van der Waals surface area contributed by atoms with Crippen LogP contribution in [0.5, 0.6) is 17.2 Å². The zero-order chi connectivity index (χ0) is 18.8. The first-order valence-electron chi connectivity index (χ1n) is 7.87. The van der Waals surface area contributed by atoms with Crippen molar-refractivity contribution in [3.05, 3.63) is 46.5 Å². The van der Waals surface area contributed by atoms with Gasteiger partial charge in [0, 0.05) is 25.2 Å². The average molecular weight is 375 g/mol. The molecule has 0 fully saturated rings. The Morgan fingerprint density at radius 2 is 2.04 bits per heavy atom. The van der Waals surface area contributed by atoms with Crippen LogP contribution in [0, 0.1) is 0 Å². The highest BCUT2D eigenvalue weighted by Gasteiger charge is 2.22. The molecule has 1 heterocycles. The van der Waals surface area contributed by atoms with Gasteiger partial charge in [0.05, 0.1) is 23.5 Å². The Morgan fingerprint density at radius 1 is 1.27 bits per heavy atom. The molecular formula is C19H19ClN2O4. The molecule has 26 heavy (non-hydrogen) atoms. The smallest absolute Gasteiger partial charge is 0.231 e. The number of benzene rings is 2. The normalized spacial score (nSPS) is 12.8. The van der Waals surface area contributed by atoms with Gasteiger partial charge in [-0.2, -0.15) is 0 Å². The highest BCUT2D eigenvalue weighted by atomic mass is 35.5. The zero-order valence-corrected chi connectivity index (χ0v) is 15.5. The predicted molar refractivity (Wildman–Crippen MR) is 102 cm³/mol. The monoisotopic (exact) mass is 374 g/mol. The Hall–Kier alpha value is -2.86. The van der Waals surface area contributed by atoms with Gasteiger partial charge in [0.25, 0.3) is 0 Å². The summed E-state index contributed by atoms with van der Waals surface area (Å²) in [6, 6.07) is 8.56. The molecule has 2 aromatic carbocycles. The fourth-order valence-electron chi connectivity index (χ4n) is 2.70. The van der Waals surface area contributed by atoms with E-state index in [1.807, 2.05) is 19.0 Å². The number of Topliss-reactive ketones (excluding diaryl/α,β-unsaturated/α-hetero) is 1. The van der Waals surface area contributed by atoms with Gasteiger partial charge in [-0.25, -0.2) is 0 Å². The second kappa shape index (κ2) is 7.17. The maximum atomic E-state index is 12.7. The number of fused-ring (bicyclic) bond motifs is 1. The molecule has 0 saturated heterocycles. The van der Waals surface area contributed by atoms with Gasteiger partial charge in [-0.3, -0.25) is 4.79 Å². The molecule has 0 radical (unpaired) electrons. The third kappa shape index (κ3) is 3.28. The second-order valence-electron chi connectivity index (χ2n) is 5.91. The van der Waals surface area contributed by atoms with E-state index in [0.717, 1.165) is 5.69 Å². The highest BCUT2D eigenvalue weighted by Crippen LogP contribution is 2.44. The summed E-state index contributed by atoms with van der Waals surface area (Å²) < 4.78 is 16.1. The number of hydrogen-bond donors (Lipinski definition) is 1. The number of ketones is 1. The Bertz CT molecular complexity index is 893. The molecule has 0 saturated carbocycles. The molecule has 0 aliphatic carbocycles. The Kier molecular flexibility index (Phi) is 4.95. The van der Waals surface area contributed by atoms with Crippen LogP contribution in [0.25, 0.3) is 6.08 Å². The second-order valence-corrected chi connectivity index (χ2v) is 6.32. The van der Waals surface area contributed by atoms with Crippen molar-refractivity contribution in [3.63, 3.8) is 0 Å². The van der Waals surface area contributed by atoms with E-state index >= 15 is 0 Å². The van der Waals surface area contributed by atoms with Gasteiger partial charge in [0.2, 0.25) is 18.3 Å². The number of hydrogen-bond acceptors (Lipinski definition) is 6. The molecule has 6 nitrogen and oxygen atoms in total. The molecule has 2 N–H and O–H groups in total. The number of nitrogens with two attached hydrogens (primary N) is 1. The van der Waals surface area contributed by atoms with E-state index in [1.54, 1.807) is 36.4 Å². The quantitative estimate of drug-likeness (QED) is 0.490. The first-order chi connectivity index (χ1) is 12.4. The molecular weight excluding hydrogens is 356 g/mol. The predicted octanol–water partition coefficient (Wildman–Crippen LogP) is 3.53. The summed E-state index contributed by atoms with van der Waals surface area (Å²) in [6.45, 7) is 0.129. The molecule has 0 spiro atoms. The van der Waals surface area contributed by atoms with Gasteiger partial charge in [-0.05, 0) is 36.4 Å². The van der Waals surface area contributed by atoms with E-state index < -0.39 is 0 Å². The number of anilines is 2. The van der Waals surface area contributed by atoms with Crippen LogP contribution in [0.1, 0.15) is 15.9 Å². The number of nitrogen functional groups attached to an aromatic ring is 1. The molecule has 3 rings (SSSR count). The van der Waals surface area contributed by atoms with Crippen LogP contribution < -0.4 is 24.8 Å². The molecule has 7 heteroatoms. The number of ether oxygens (including phenoxy) is 3. The van der Waals surface area contributed by atoms with Gasteiger partial charge in [-0.1, -0.05) is 11.6 Å². The standard InChI is InChI=1S/C19H19ClN2O4/c1-22(2)15-9-11(4-6-14(15)21)17(23)13(20)8-12-5-7-16-19(18(12)24-3)26-10-25-16/h4-9H,10,21H2,1-3H3/b13-8+. The molecule has 0 amide bonds. The SMILES string of the molecule is COc1c(/C=C(/Cl)C(=O)c2ccc(N)c(N(C)C)c2)ccc2c1OCO2. The highest BCUT2D eigenvalue weighted by molar-refractivity contribution is 6.47. The third-order valence-corrected chi connectivity index (χ3v) is 4.28. The number of methoxy groups -OCH3 is 1. The number of nitrogens with zero attached hydrogens (tertiary/aromatic N) is 1. The summed E-state index contributed by atoms with van der Waals surface area (Å²) in [6.07, 6.45) is 1.55. The lowest BCUT2D eigenvalue weighted by Gasteiger charge is -2.16. The number of halogens is 1. The maximum Gasteiger partial charge on any atom is 0.231 e. The van der Waals surface area contributed by atoms with Gasteiger partial charge in [0.15, 0.2) is 11.5 Å². The van der Waals surface area contributed by atoms with Gasteiger partial charge in [-0.15, -0.1) is 0 Å². The van der Waals surface area contributed by atoms with Crippen LogP contribution >= 0.6 is 11.6 Å². The van der Waals surface area contributed by atoms with Crippen molar-refractivity contribution in [1.82, 2.24) is 0 Å². The van der Waals surface area contributed by atoms with Crippen LogP contribution in [0.4, 0.5) is 11.4 Å². The van der Waals surface area contributed by atoms with E-state index in [4.69, 9.17) is 31.5 Å². The fourth-order valence-corrected chi connectivity index (χ4v) is 2.93. The molecule has 136 valence electrons. The van der Waals surface area contributed by atoms with E-state index in [0.29, 0.717) is 34.1 Å². The minimum Gasteiger partial charge on any atom is -0.492 e. The van der Waals surface area contributed by atoms with Crippen molar-refractivity contribution in [3.8, 4) is 17.2 Å². The first-order valence-corrected chi connectivity index (χ1v) is 8.25. The van der Waals surface area contributed by atoms with E-state index in [1.165, 1.54) is 7.11 Å². The summed E-state index contributed by atoms with van der Waals surface area (Å²) in [5.41, 5.74) is 8.35. The largest absolute Gasteiger partial charge is 0.492 e. The van der Waals surface area contributed by atoms with Crippen LogP contribution in [-0.2, 0) is 0 Å². The number of allylic oxidation sites excluding steroid dienone is 1. The molecule has 0 bridgehead atoms. The molecule has 0 atom stereocenters. The van der Waals surface area contributed by atoms with E-state index in [9.17, 15) is 4.79 Å². The van der Waals surface area contributed by atoms with Crippen molar-refractivity contribution in [2.45, 2.75) is 0 Å². The lowest BCUT2D eigenvalue weighted by atomic mass is 10.1. The Labute approximate surface area is 156 Å². The summed E-state index contributed by atoms with van der Waals surface area (Å²) in [7, 11) is 5.23. The van der Waals surface area contributed by atoms with Crippen molar-refractivity contribution in [2.24, 2.45) is 0 Å². The number of carbonyl (C=O) groups excluding carboxylic acids is 1. The van der Waals surface area contributed by atoms with Crippen molar-refractivity contribution in [1.29, 1.82) is 0 Å².